The van der Waals surface area contributed by atoms with Crippen molar-refractivity contribution in [1.82, 2.24) is 16.2 Å². The van der Waals surface area contributed by atoms with Crippen molar-refractivity contribution >= 4 is 69.0 Å². The first-order chi connectivity index (χ1) is 12.3. The van der Waals surface area contributed by atoms with Gasteiger partial charge in [-0.2, -0.15) is 0 Å². The number of rotatable bonds is 3. The monoisotopic (exact) mass is 504 g/mol. The largest absolute Gasteiger partial charge is 0.298 e. The van der Waals surface area contributed by atoms with Crippen molar-refractivity contribution in [3.63, 3.8) is 0 Å². The molecular weight excluding hydrogens is 495 g/mol. The Balaban J connectivity index is 1.96. The van der Waals surface area contributed by atoms with E-state index >= 15 is 0 Å². The van der Waals surface area contributed by atoms with Gasteiger partial charge in [-0.3, -0.25) is 35.9 Å². The van der Waals surface area contributed by atoms with E-state index in [0.717, 1.165) is 9.64 Å². The molecule has 0 aliphatic rings. The maximum atomic E-state index is 12.1. The minimum atomic E-state index is -0.697. The van der Waals surface area contributed by atoms with Gasteiger partial charge in [0.25, 0.3) is 17.5 Å². The van der Waals surface area contributed by atoms with Crippen LogP contribution in [0.5, 0.6) is 0 Å². The Morgan fingerprint density at radius 2 is 1.81 bits per heavy atom. The SMILES string of the molecule is O=C(NC(=S)NNC(=O)c1ccccc1I)c1ccc(Cl)c([N+](=O)[O-])c1. The first-order valence-corrected chi connectivity index (χ1v) is 8.76. The lowest BCUT2D eigenvalue weighted by Crippen LogP contribution is -2.48. The zero-order valence-electron chi connectivity index (χ0n) is 12.8. The molecular formula is C15H10ClIN4O4S. The summed E-state index contributed by atoms with van der Waals surface area (Å²) in [5.74, 6) is -1.13. The van der Waals surface area contributed by atoms with Crippen LogP contribution in [0.15, 0.2) is 42.5 Å². The highest BCUT2D eigenvalue weighted by atomic mass is 127. The minimum absolute atomic E-state index is 0.00538. The van der Waals surface area contributed by atoms with E-state index in [9.17, 15) is 19.7 Å². The number of carbonyl (C=O) groups is 2. The number of nitro benzene ring substituents is 1. The van der Waals surface area contributed by atoms with Crippen LogP contribution >= 0.6 is 46.4 Å². The van der Waals surface area contributed by atoms with E-state index in [1.54, 1.807) is 24.3 Å². The van der Waals surface area contributed by atoms with E-state index < -0.39 is 22.4 Å². The maximum absolute atomic E-state index is 12.1. The van der Waals surface area contributed by atoms with Crippen LogP contribution in [0.3, 0.4) is 0 Å². The third-order valence-corrected chi connectivity index (χ3v) is 4.50. The first-order valence-electron chi connectivity index (χ1n) is 6.89. The molecule has 2 aromatic carbocycles. The summed E-state index contributed by atoms with van der Waals surface area (Å²) >= 11 is 12.6. The summed E-state index contributed by atoms with van der Waals surface area (Å²) in [6.07, 6.45) is 0. The molecule has 0 bridgehead atoms. The average molecular weight is 505 g/mol. The van der Waals surface area contributed by atoms with Gasteiger partial charge in [0.1, 0.15) is 5.02 Å². The number of hydrogen-bond donors (Lipinski definition) is 3. The highest BCUT2D eigenvalue weighted by molar-refractivity contribution is 14.1. The first kappa shape index (κ1) is 20.0. The Morgan fingerprint density at radius 3 is 2.46 bits per heavy atom. The summed E-state index contributed by atoms with van der Waals surface area (Å²) in [6.45, 7) is 0. The van der Waals surface area contributed by atoms with Crippen molar-refractivity contribution in [2.75, 3.05) is 0 Å². The topological polar surface area (TPSA) is 113 Å². The summed E-state index contributed by atoms with van der Waals surface area (Å²) in [6, 6.07) is 10.5. The number of halogens is 2. The molecule has 0 spiro atoms. The molecule has 3 N–H and O–H groups in total. The molecule has 8 nitrogen and oxygen atoms in total. The van der Waals surface area contributed by atoms with Crippen LogP contribution in [0.2, 0.25) is 5.02 Å². The third kappa shape index (κ3) is 5.09. The summed E-state index contributed by atoms with van der Waals surface area (Å²) in [4.78, 5) is 34.3. The lowest BCUT2D eigenvalue weighted by Gasteiger charge is -2.11. The molecule has 0 aliphatic heterocycles. The lowest BCUT2D eigenvalue weighted by molar-refractivity contribution is -0.384. The van der Waals surface area contributed by atoms with Crippen LogP contribution in [-0.4, -0.2) is 21.9 Å². The van der Waals surface area contributed by atoms with Crippen LogP contribution in [0, 0.1) is 13.7 Å². The number of thiocarbonyl (C=S) groups is 1. The van der Waals surface area contributed by atoms with Crippen molar-refractivity contribution < 1.29 is 14.5 Å². The van der Waals surface area contributed by atoms with Crippen LogP contribution < -0.4 is 16.2 Å². The minimum Gasteiger partial charge on any atom is -0.298 e. The van der Waals surface area contributed by atoms with Crippen LogP contribution in [0.4, 0.5) is 5.69 Å². The Labute approximate surface area is 171 Å². The number of hydrogen-bond acceptors (Lipinski definition) is 5. The van der Waals surface area contributed by atoms with Gasteiger partial charge in [0, 0.05) is 15.2 Å². The highest BCUT2D eigenvalue weighted by Crippen LogP contribution is 2.24. The van der Waals surface area contributed by atoms with Gasteiger partial charge < -0.3 is 0 Å². The van der Waals surface area contributed by atoms with Gasteiger partial charge in [-0.25, -0.2) is 0 Å². The van der Waals surface area contributed by atoms with Crippen LogP contribution in [-0.2, 0) is 0 Å². The number of carbonyl (C=O) groups excluding carboxylic acids is 2. The second-order valence-corrected chi connectivity index (χ2v) is 6.74. The van der Waals surface area contributed by atoms with Gasteiger partial charge in [0.2, 0.25) is 0 Å². The highest BCUT2D eigenvalue weighted by Gasteiger charge is 2.17. The quantitative estimate of drug-likeness (QED) is 0.256. The fourth-order valence-corrected chi connectivity index (χ4v) is 2.79. The zero-order valence-corrected chi connectivity index (χ0v) is 16.5. The van der Waals surface area contributed by atoms with Crippen LogP contribution in [0.1, 0.15) is 20.7 Å². The van der Waals surface area contributed by atoms with Gasteiger partial charge in [0.15, 0.2) is 5.11 Å². The summed E-state index contributed by atoms with van der Waals surface area (Å²) < 4.78 is 0.743. The van der Waals surface area contributed by atoms with Crippen molar-refractivity contribution in [1.29, 1.82) is 0 Å². The van der Waals surface area contributed by atoms with E-state index in [2.05, 4.69) is 16.2 Å². The molecule has 0 radical (unpaired) electrons. The van der Waals surface area contributed by atoms with Crippen molar-refractivity contribution in [3.05, 3.63) is 72.3 Å². The number of nitro groups is 1. The van der Waals surface area contributed by atoms with E-state index in [0.29, 0.717) is 5.56 Å². The fraction of sp³-hybridized carbons (Fsp3) is 0. The molecule has 0 fully saturated rings. The third-order valence-electron chi connectivity index (χ3n) is 3.04. The molecule has 26 heavy (non-hydrogen) atoms. The van der Waals surface area contributed by atoms with Gasteiger partial charge in [0.05, 0.1) is 10.5 Å². The van der Waals surface area contributed by atoms with Crippen molar-refractivity contribution in [2.24, 2.45) is 0 Å². The zero-order chi connectivity index (χ0) is 19.3. The normalized spacial score (nSPS) is 9.92. The molecule has 0 atom stereocenters. The van der Waals surface area contributed by atoms with E-state index in [1.165, 1.54) is 12.1 Å². The van der Waals surface area contributed by atoms with Gasteiger partial charge >= 0.3 is 0 Å². The lowest BCUT2D eigenvalue weighted by atomic mass is 10.2. The van der Waals surface area contributed by atoms with Gasteiger partial charge in [-0.05, 0) is 59.1 Å². The van der Waals surface area contributed by atoms with E-state index in [4.69, 9.17) is 23.8 Å². The Morgan fingerprint density at radius 1 is 1.12 bits per heavy atom. The van der Waals surface area contributed by atoms with Gasteiger partial charge in [-0.15, -0.1) is 0 Å². The molecule has 0 aliphatic carbocycles. The molecule has 0 unspecified atom stereocenters. The molecule has 134 valence electrons. The Kier molecular flexibility index (Phi) is 6.83. The number of hydrazine groups is 1. The summed E-state index contributed by atoms with van der Waals surface area (Å²) in [5.41, 5.74) is 4.78. The Hall–Kier alpha value is -2.31. The van der Waals surface area contributed by atoms with Crippen LogP contribution in [0.25, 0.3) is 0 Å². The van der Waals surface area contributed by atoms with Crippen molar-refractivity contribution in [2.45, 2.75) is 0 Å². The molecule has 0 aromatic heterocycles. The molecule has 0 heterocycles. The second-order valence-electron chi connectivity index (χ2n) is 4.77. The molecule has 2 rings (SSSR count). The smallest absolute Gasteiger partial charge is 0.288 e. The average Bonchev–Trinajstić information content (AvgIpc) is 2.60. The number of benzene rings is 2. The van der Waals surface area contributed by atoms with Gasteiger partial charge in [-0.1, -0.05) is 23.7 Å². The van der Waals surface area contributed by atoms with E-state index in [-0.39, 0.29) is 15.7 Å². The standard InChI is InChI=1S/C15H10ClIN4O4S/c16-10-6-5-8(7-12(10)21(24)25)13(22)18-15(26)20-19-14(23)9-3-1-2-4-11(9)17/h1-7H,(H,19,23)(H2,18,20,22,26). The fourth-order valence-electron chi connectivity index (χ4n) is 1.83. The second kappa shape index (κ2) is 8.87. The number of amides is 2. The van der Waals surface area contributed by atoms with Crippen molar-refractivity contribution in [3.8, 4) is 0 Å². The molecule has 2 aromatic rings. The predicted molar refractivity (Wildman–Crippen MR) is 108 cm³/mol. The maximum Gasteiger partial charge on any atom is 0.288 e. The number of nitrogens with zero attached hydrogens (tertiary/aromatic N) is 1. The summed E-state index contributed by atoms with van der Waals surface area (Å²) in [7, 11) is 0. The predicted octanol–water partition coefficient (Wildman–Crippen LogP) is 2.80. The summed E-state index contributed by atoms with van der Waals surface area (Å²) in [5, 5.41) is 12.9. The molecule has 0 saturated heterocycles. The number of nitrogens with one attached hydrogen (secondary N) is 3. The Bertz CT molecular complexity index is 909. The molecule has 11 heteroatoms. The van der Waals surface area contributed by atoms with E-state index in [1.807, 2.05) is 22.6 Å². The molecule has 0 saturated carbocycles. The molecule has 2 amide bonds.